The van der Waals surface area contributed by atoms with Gasteiger partial charge in [0.15, 0.2) is 0 Å². The molecule has 2 aliphatic heterocycles. The number of fused-ring (bicyclic) bond motifs is 1. The normalized spacial score (nSPS) is 12.2. The fraction of sp³-hybridized carbons (Fsp3) is 0.125. The van der Waals surface area contributed by atoms with Crippen molar-refractivity contribution in [1.82, 2.24) is 14.6 Å². The van der Waals surface area contributed by atoms with Gasteiger partial charge in [-0.1, -0.05) is 23.7 Å². The third kappa shape index (κ3) is 3.25. The number of aromatic nitrogens is 3. The number of rotatable bonds is 4. The molecule has 26 heavy (non-hydrogen) atoms. The molecule has 0 saturated carbocycles. The van der Waals surface area contributed by atoms with E-state index in [0.717, 1.165) is 29.3 Å². The van der Waals surface area contributed by atoms with E-state index in [-0.39, 0.29) is 12.3 Å². The van der Waals surface area contributed by atoms with E-state index in [0.29, 0.717) is 0 Å². The molecule has 0 spiro atoms. The molecule has 2 aliphatic rings. The molecule has 0 radical (unpaired) electrons. The van der Waals surface area contributed by atoms with Gasteiger partial charge in [0.1, 0.15) is 6.61 Å². The third-order valence-corrected chi connectivity index (χ3v) is 4.04. The van der Waals surface area contributed by atoms with Crippen LogP contribution in [0.2, 0.25) is 5.02 Å². The molecule has 0 aromatic heterocycles. The summed E-state index contributed by atoms with van der Waals surface area (Å²) < 4.78 is 45.4. The molecule has 2 heterocycles. The van der Waals surface area contributed by atoms with E-state index in [1.165, 1.54) is 6.07 Å². The third-order valence-electron chi connectivity index (χ3n) is 3.71. The second kappa shape index (κ2) is 5.80. The predicted octanol–water partition coefficient (Wildman–Crippen LogP) is 4.40. The zero-order valence-corrected chi connectivity index (χ0v) is 13.7. The quantitative estimate of drug-likeness (QED) is 0.569. The van der Waals surface area contributed by atoms with E-state index in [4.69, 9.17) is 16.3 Å². The van der Waals surface area contributed by atoms with Crippen molar-refractivity contribution in [3.8, 4) is 11.6 Å². The molecule has 0 unspecified atom stereocenters. The monoisotopic (exact) mass is 382 g/mol. The highest BCUT2D eigenvalue weighted by molar-refractivity contribution is 6.31. The Morgan fingerprint density at radius 3 is 2.65 bits per heavy atom. The lowest BCUT2D eigenvalue weighted by atomic mass is 10.2. The summed E-state index contributed by atoms with van der Waals surface area (Å²) in [6.07, 6.45) is -5.48. The number of alkyl halides is 3. The number of nitrogens with one attached hydrogen (secondary N) is 1. The maximum atomic E-state index is 12.8. The lowest BCUT2D eigenvalue weighted by Gasteiger charge is -2.12. The smallest absolute Gasteiger partial charge is 0.417 e. The number of hydrogen-bond donors (Lipinski definition) is 1. The van der Waals surface area contributed by atoms with Crippen LogP contribution in [0.4, 0.5) is 23.7 Å². The van der Waals surface area contributed by atoms with Gasteiger partial charge in [-0.15, -0.1) is 9.90 Å². The minimum atomic E-state index is -4.61. The second-order valence-electron chi connectivity index (χ2n) is 5.56. The summed E-state index contributed by atoms with van der Waals surface area (Å²) in [6, 6.07) is 10.4. The van der Waals surface area contributed by atoms with Crippen molar-refractivity contribution in [2.24, 2.45) is 0 Å². The molecule has 0 fully saturated rings. The van der Waals surface area contributed by atoms with Gasteiger partial charge in [0.2, 0.25) is 0 Å². The topological polar surface area (TPSA) is 61.1 Å². The minimum absolute atomic E-state index is 0.0281. The Labute approximate surface area is 149 Å². The van der Waals surface area contributed by atoms with Crippen molar-refractivity contribution in [2.75, 3.05) is 5.32 Å². The van der Waals surface area contributed by atoms with Crippen LogP contribution in [0.1, 0.15) is 11.1 Å². The van der Waals surface area contributed by atoms with Gasteiger partial charge in [-0.05, 0) is 35.9 Å². The van der Waals surface area contributed by atoms with E-state index in [2.05, 4.69) is 10.4 Å². The standard InChI is InChI=1S/C16H10ClF3N4O2/c17-13-5-4-10(7-12(13)16(18,19)20)21-15(25)26-8-9-2-1-3-11(6-9)23-14-22-24(14)23/h1-7H,8H2,(H,21,25). The second-order valence-corrected chi connectivity index (χ2v) is 5.97. The molecular weight excluding hydrogens is 373 g/mol. The first kappa shape index (κ1) is 16.5. The summed E-state index contributed by atoms with van der Waals surface area (Å²) in [5.74, 6) is 0.879. The van der Waals surface area contributed by atoms with E-state index in [1.807, 2.05) is 16.8 Å². The molecule has 0 bridgehead atoms. The number of benzene rings is 2. The summed E-state index contributed by atoms with van der Waals surface area (Å²) in [4.78, 5) is 13.6. The fourth-order valence-electron chi connectivity index (χ4n) is 2.37. The zero-order chi connectivity index (χ0) is 18.5. The first-order chi connectivity index (χ1) is 12.3. The number of ether oxygens (including phenoxy) is 1. The lowest BCUT2D eigenvalue weighted by molar-refractivity contribution is -0.137. The maximum Gasteiger partial charge on any atom is 0.417 e. The average molecular weight is 383 g/mol. The summed E-state index contributed by atoms with van der Waals surface area (Å²) in [7, 11) is 0. The van der Waals surface area contributed by atoms with Gasteiger partial charge >= 0.3 is 12.3 Å². The number of carbonyl (C=O) groups is 1. The molecule has 1 N–H and O–H groups in total. The van der Waals surface area contributed by atoms with E-state index in [1.54, 1.807) is 16.9 Å². The molecule has 134 valence electrons. The molecule has 10 heteroatoms. The first-order valence-corrected chi connectivity index (χ1v) is 7.79. The van der Waals surface area contributed by atoms with Crippen LogP contribution in [0.25, 0.3) is 11.6 Å². The fourth-order valence-corrected chi connectivity index (χ4v) is 2.59. The average Bonchev–Trinajstić information content (AvgIpc) is 3.46. The molecule has 6 nitrogen and oxygen atoms in total. The zero-order valence-electron chi connectivity index (χ0n) is 12.9. The Bertz CT molecular complexity index is 994. The maximum absolute atomic E-state index is 12.8. The molecule has 0 atom stereocenters. The van der Waals surface area contributed by atoms with Gasteiger partial charge in [-0.3, -0.25) is 5.32 Å². The molecule has 1 amide bonds. The van der Waals surface area contributed by atoms with Crippen LogP contribution in [-0.4, -0.2) is 20.7 Å². The Hall–Kier alpha value is -2.94. The predicted molar refractivity (Wildman–Crippen MR) is 86.7 cm³/mol. The van der Waals surface area contributed by atoms with Crippen molar-refractivity contribution in [3.05, 3.63) is 58.6 Å². The van der Waals surface area contributed by atoms with Crippen LogP contribution in [-0.2, 0) is 17.5 Å². The number of halogens is 4. The summed E-state index contributed by atoms with van der Waals surface area (Å²) in [5.41, 5.74) is 0.539. The summed E-state index contributed by atoms with van der Waals surface area (Å²) in [6.45, 7) is -0.0281. The van der Waals surface area contributed by atoms with Gasteiger partial charge in [0.25, 0.3) is 5.95 Å². The number of anilines is 1. The molecule has 2 aromatic carbocycles. The van der Waals surface area contributed by atoms with Gasteiger partial charge in [-0.25, -0.2) is 4.79 Å². The number of amides is 1. The Balaban J connectivity index is 1.38. The summed E-state index contributed by atoms with van der Waals surface area (Å²) in [5, 5.41) is 5.75. The molecular formula is C16H10ClF3N4O2. The Morgan fingerprint density at radius 1 is 1.23 bits per heavy atom. The first-order valence-electron chi connectivity index (χ1n) is 7.41. The van der Waals surface area contributed by atoms with E-state index < -0.39 is 22.9 Å². The van der Waals surface area contributed by atoms with E-state index >= 15 is 0 Å². The molecule has 2 aromatic rings. The molecule has 0 aliphatic carbocycles. The Morgan fingerprint density at radius 2 is 2.00 bits per heavy atom. The van der Waals surface area contributed by atoms with Crippen LogP contribution in [0.15, 0.2) is 42.5 Å². The number of hydrogen-bond acceptors (Lipinski definition) is 3. The Kier molecular flexibility index (Phi) is 3.69. The lowest BCUT2D eigenvalue weighted by Crippen LogP contribution is -2.14. The van der Waals surface area contributed by atoms with Gasteiger partial charge in [0.05, 0.1) is 16.3 Å². The largest absolute Gasteiger partial charge is 0.444 e. The molecule has 0 saturated heterocycles. The van der Waals surface area contributed by atoms with Crippen molar-refractivity contribution in [2.45, 2.75) is 12.8 Å². The van der Waals surface area contributed by atoms with Crippen molar-refractivity contribution in [1.29, 1.82) is 0 Å². The molecule has 4 rings (SSSR count). The van der Waals surface area contributed by atoms with Crippen molar-refractivity contribution >= 4 is 23.4 Å². The van der Waals surface area contributed by atoms with Crippen molar-refractivity contribution in [3.63, 3.8) is 0 Å². The SMILES string of the molecule is O=C(Nc1ccc(Cl)c(C(F)(F)F)c1)OCc1cccc(-n2c3nn2-3)c1. The highest BCUT2D eigenvalue weighted by atomic mass is 35.5. The van der Waals surface area contributed by atoms with Crippen LogP contribution < -0.4 is 5.32 Å². The van der Waals surface area contributed by atoms with Crippen molar-refractivity contribution < 1.29 is 22.7 Å². The number of nitrogens with zero attached hydrogens (tertiary/aromatic N) is 3. The van der Waals surface area contributed by atoms with Crippen LogP contribution >= 0.6 is 11.6 Å². The van der Waals surface area contributed by atoms with Crippen LogP contribution in [0.3, 0.4) is 0 Å². The highest BCUT2D eigenvalue weighted by Gasteiger charge is 2.35. The minimum Gasteiger partial charge on any atom is -0.444 e. The van der Waals surface area contributed by atoms with E-state index in [9.17, 15) is 18.0 Å². The van der Waals surface area contributed by atoms with Gasteiger partial charge in [-0.2, -0.15) is 17.9 Å². The summed E-state index contributed by atoms with van der Waals surface area (Å²) >= 11 is 5.54. The highest BCUT2D eigenvalue weighted by Crippen LogP contribution is 2.36. The van der Waals surface area contributed by atoms with Crippen LogP contribution in [0.5, 0.6) is 0 Å². The van der Waals surface area contributed by atoms with Crippen LogP contribution in [0, 0.1) is 0 Å². The van der Waals surface area contributed by atoms with Gasteiger partial charge < -0.3 is 4.74 Å². The number of carbonyl (C=O) groups excluding carboxylic acids is 1. The van der Waals surface area contributed by atoms with Gasteiger partial charge in [0, 0.05) is 5.69 Å².